The number of rotatable bonds is 5. The van der Waals surface area contributed by atoms with Crippen molar-refractivity contribution in [1.82, 2.24) is 14.8 Å². The van der Waals surface area contributed by atoms with Crippen molar-refractivity contribution in [3.8, 4) is 5.75 Å². The lowest BCUT2D eigenvalue weighted by Gasteiger charge is -2.41. The summed E-state index contributed by atoms with van der Waals surface area (Å²) < 4.78 is 11.2. The van der Waals surface area contributed by atoms with E-state index in [2.05, 4.69) is 16.8 Å². The van der Waals surface area contributed by atoms with Crippen molar-refractivity contribution in [3.05, 3.63) is 30.0 Å². The molecule has 2 aromatic rings. The molecule has 3 fully saturated rings. The Bertz CT molecular complexity index is 1080. The molecule has 34 heavy (non-hydrogen) atoms. The third-order valence-electron chi connectivity index (χ3n) is 7.71. The summed E-state index contributed by atoms with van der Waals surface area (Å²) in [6.45, 7) is 6.03. The zero-order chi connectivity index (χ0) is 23.9. The normalized spacial score (nSPS) is 20.5. The number of benzene rings is 1. The highest BCUT2D eigenvalue weighted by molar-refractivity contribution is 6.07. The first-order chi connectivity index (χ1) is 16.4. The number of nitrogens with zero attached hydrogens (tertiary/aromatic N) is 4. The fraction of sp³-hybridized carbons (Fsp3) is 0.577. The van der Waals surface area contributed by atoms with Gasteiger partial charge < -0.3 is 24.2 Å². The van der Waals surface area contributed by atoms with Crippen LogP contribution in [-0.2, 0) is 9.53 Å². The molecule has 3 heterocycles. The number of carbonyl (C=O) groups is 2. The SMILES string of the molecule is COc1ccc2ncc(C(=O)N3CCN(C(=O)C4CC4)CC3)c(N3CCC(C)(OC)CC3)c2c1. The van der Waals surface area contributed by atoms with Gasteiger partial charge in [0, 0.05) is 63.9 Å². The van der Waals surface area contributed by atoms with E-state index >= 15 is 0 Å². The minimum Gasteiger partial charge on any atom is -0.497 e. The number of hydrogen-bond acceptors (Lipinski definition) is 6. The molecule has 8 heteroatoms. The second-order valence-electron chi connectivity index (χ2n) is 9.94. The van der Waals surface area contributed by atoms with Crippen LogP contribution in [0.15, 0.2) is 24.4 Å². The summed E-state index contributed by atoms with van der Waals surface area (Å²) in [5.41, 5.74) is 2.23. The van der Waals surface area contributed by atoms with Crippen LogP contribution in [-0.4, -0.2) is 85.7 Å². The Kier molecular flexibility index (Phi) is 6.10. The Morgan fingerprint density at radius 3 is 2.29 bits per heavy atom. The first-order valence-electron chi connectivity index (χ1n) is 12.3. The number of piperidine rings is 1. The molecule has 182 valence electrons. The Hall–Kier alpha value is -2.87. The number of pyridine rings is 1. The van der Waals surface area contributed by atoms with Gasteiger partial charge in [-0.3, -0.25) is 14.6 Å². The van der Waals surface area contributed by atoms with Crippen LogP contribution in [0.1, 0.15) is 43.0 Å². The van der Waals surface area contributed by atoms with Crippen LogP contribution in [0.5, 0.6) is 5.75 Å². The number of carbonyl (C=O) groups excluding carboxylic acids is 2. The number of aromatic nitrogens is 1. The predicted molar refractivity (Wildman–Crippen MR) is 130 cm³/mol. The second-order valence-corrected chi connectivity index (χ2v) is 9.94. The van der Waals surface area contributed by atoms with Crippen molar-refractivity contribution in [2.24, 2.45) is 5.92 Å². The average molecular weight is 467 g/mol. The highest BCUT2D eigenvalue weighted by Gasteiger charge is 2.36. The van der Waals surface area contributed by atoms with E-state index in [-0.39, 0.29) is 23.3 Å². The molecule has 0 unspecified atom stereocenters. The van der Waals surface area contributed by atoms with Crippen LogP contribution in [0.2, 0.25) is 0 Å². The predicted octanol–water partition coefficient (Wildman–Crippen LogP) is 2.94. The van der Waals surface area contributed by atoms with Gasteiger partial charge in [-0.15, -0.1) is 0 Å². The number of piperazine rings is 1. The van der Waals surface area contributed by atoms with E-state index in [0.29, 0.717) is 31.7 Å². The number of amides is 2. The van der Waals surface area contributed by atoms with Gasteiger partial charge in [0.05, 0.1) is 29.5 Å². The Balaban J connectivity index is 1.45. The molecule has 0 spiro atoms. The quantitative estimate of drug-likeness (QED) is 0.675. The van der Waals surface area contributed by atoms with Gasteiger partial charge in [0.15, 0.2) is 0 Å². The van der Waals surface area contributed by atoms with Crippen molar-refractivity contribution >= 4 is 28.4 Å². The van der Waals surface area contributed by atoms with Gasteiger partial charge in [0.2, 0.25) is 5.91 Å². The lowest BCUT2D eigenvalue weighted by atomic mass is 9.92. The summed E-state index contributed by atoms with van der Waals surface area (Å²) >= 11 is 0. The van der Waals surface area contributed by atoms with E-state index in [1.54, 1.807) is 20.4 Å². The fourth-order valence-electron chi connectivity index (χ4n) is 5.08. The molecule has 2 saturated heterocycles. The minimum absolute atomic E-state index is 0.0224. The minimum atomic E-state index is -0.147. The Morgan fingerprint density at radius 1 is 1.00 bits per heavy atom. The summed E-state index contributed by atoms with van der Waals surface area (Å²) in [4.78, 5) is 36.9. The summed E-state index contributed by atoms with van der Waals surface area (Å²) in [6.07, 6.45) is 5.50. The molecule has 1 aromatic carbocycles. The standard InChI is InChI=1S/C26H34N4O4/c1-26(34-3)8-10-28(11-9-26)23-20-16-19(33-2)6-7-22(20)27-17-21(23)25(32)30-14-12-29(13-15-30)24(31)18-4-5-18/h6-7,16-18H,4-5,8-15H2,1-3H3. The highest BCUT2D eigenvalue weighted by atomic mass is 16.5. The maximum absolute atomic E-state index is 13.8. The number of anilines is 1. The first-order valence-corrected chi connectivity index (χ1v) is 12.3. The molecule has 1 aromatic heterocycles. The number of methoxy groups -OCH3 is 2. The maximum Gasteiger partial charge on any atom is 0.257 e. The van der Waals surface area contributed by atoms with E-state index < -0.39 is 0 Å². The summed E-state index contributed by atoms with van der Waals surface area (Å²) in [5, 5.41) is 0.925. The molecule has 0 N–H and O–H groups in total. The van der Waals surface area contributed by atoms with E-state index in [1.807, 2.05) is 28.0 Å². The van der Waals surface area contributed by atoms with Crippen molar-refractivity contribution in [3.63, 3.8) is 0 Å². The summed E-state index contributed by atoms with van der Waals surface area (Å²) in [5.74, 6) is 1.18. The van der Waals surface area contributed by atoms with Gasteiger partial charge in [-0.05, 0) is 50.8 Å². The van der Waals surface area contributed by atoms with E-state index in [1.165, 1.54) is 0 Å². The molecule has 1 saturated carbocycles. The average Bonchev–Trinajstić information content (AvgIpc) is 3.73. The third kappa shape index (κ3) is 4.31. The molecule has 8 nitrogen and oxygen atoms in total. The molecule has 2 amide bonds. The van der Waals surface area contributed by atoms with Crippen molar-refractivity contribution in [1.29, 1.82) is 0 Å². The van der Waals surface area contributed by atoms with Gasteiger partial charge in [-0.2, -0.15) is 0 Å². The topological polar surface area (TPSA) is 75.2 Å². The number of fused-ring (bicyclic) bond motifs is 1. The van der Waals surface area contributed by atoms with Gasteiger partial charge in [0.1, 0.15) is 5.75 Å². The molecule has 1 aliphatic carbocycles. The fourth-order valence-corrected chi connectivity index (χ4v) is 5.08. The molecular weight excluding hydrogens is 432 g/mol. The van der Waals surface area contributed by atoms with E-state index in [0.717, 1.165) is 61.1 Å². The summed E-state index contributed by atoms with van der Waals surface area (Å²) in [6, 6.07) is 5.82. The van der Waals surface area contributed by atoms with E-state index in [9.17, 15) is 9.59 Å². The Morgan fingerprint density at radius 2 is 1.68 bits per heavy atom. The molecule has 3 aliphatic rings. The van der Waals surface area contributed by atoms with Gasteiger partial charge in [0.25, 0.3) is 5.91 Å². The van der Waals surface area contributed by atoms with Crippen LogP contribution in [0.4, 0.5) is 5.69 Å². The van der Waals surface area contributed by atoms with Gasteiger partial charge >= 0.3 is 0 Å². The Labute approximate surface area is 200 Å². The highest BCUT2D eigenvalue weighted by Crippen LogP contribution is 2.37. The summed E-state index contributed by atoms with van der Waals surface area (Å²) in [7, 11) is 3.42. The van der Waals surface area contributed by atoms with Crippen LogP contribution >= 0.6 is 0 Å². The third-order valence-corrected chi connectivity index (χ3v) is 7.71. The first kappa shape index (κ1) is 22.9. The molecule has 5 rings (SSSR count). The lowest BCUT2D eigenvalue weighted by Crippen LogP contribution is -2.51. The molecule has 0 bridgehead atoms. The molecule has 0 radical (unpaired) electrons. The monoisotopic (exact) mass is 466 g/mol. The van der Waals surface area contributed by atoms with Crippen LogP contribution in [0.3, 0.4) is 0 Å². The zero-order valence-corrected chi connectivity index (χ0v) is 20.4. The van der Waals surface area contributed by atoms with Crippen LogP contribution in [0.25, 0.3) is 10.9 Å². The number of hydrogen-bond donors (Lipinski definition) is 0. The number of ether oxygens (including phenoxy) is 2. The molecule has 0 atom stereocenters. The largest absolute Gasteiger partial charge is 0.497 e. The zero-order valence-electron chi connectivity index (χ0n) is 20.4. The van der Waals surface area contributed by atoms with Crippen molar-refractivity contribution < 1.29 is 19.1 Å². The van der Waals surface area contributed by atoms with Crippen molar-refractivity contribution in [2.75, 3.05) is 58.4 Å². The van der Waals surface area contributed by atoms with Gasteiger partial charge in [-0.25, -0.2) is 0 Å². The second kappa shape index (κ2) is 9.06. The molecular formula is C26H34N4O4. The maximum atomic E-state index is 13.8. The lowest BCUT2D eigenvalue weighted by molar-refractivity contribution is -0.134. The van der Waals surface area contributed by atoms with E-state index in [4.69, 9.17) is 9.47 Å². The molecule has 2 aliphatic heterocycles. The smallest absolute Gasteiger partial charge is 0.257 e. The van der Waals surface area contributed by atoms with Crippen LogP contribution in [0, 0.1) is 5.92 Å². The van der Waals surface area contributed by atoms with Gasteiger partial charge in [-0.1, -0.05) is 0 Å². The van der Waals surface area contributed by atoms with Crippen LogP contribution < -0.4 is 9.64 Å². The van der Waals surface area contributed by atoms with Crippen molar-refractivity contribution in [2.45, 2.75) is 38.2 Å².